The van der Waals surface area contributed by atoms with Crippen molar-refractivity contribution in [2.75, 3.05) is 38.1 Å². The lowest BCUT2D eigenvalue weighted by Gasteiger charge is -2.33. The van der Waals surface area contributed by atoms with Crippen molar-refractivity contribution in [1.29, 1.82) is 0 Å². The molecule has 1 radical (unpaired) electrons. The van der Waals surface area contributed by atoms with Gasteiger partial charge in [0.15, 0.2) is 0 Å². The van der Waals surface area contributed by atoms with Crippen LogP contribution in [0.3, 0.4) is 0 Å². The van der Waals surface area contributed by atoms with Crippen LogP contribution in [0, 0.1) is 6.07 Å². The number of piperazine rings is 1. The molecule has 1 aliphatic heterocycles. The topological polar surface area (TPSA) is 56.7 Å². The Hall–Kier alpha value is -1.62. The minimum absolute atomic E-state index is 0.170. The molecule has 16 heavy (non-hydrogen) atoms. The van der Waals surface area contributed by atoms with E-state index in [0.717, 1.165) is 26.2 Å². The van der Waals surface area contributed by atoms with Gasteiger partial charge < -0.3 is 14.9 Å². The summed E-state index contributed by atoms with van der Waals surface area (Å²) in [7, 11) is 2.07. The number of likely N-dealkylation sites (N-methyl/N-ethyl adjacent to an activating group) is 1. The predicted molar refractivity (Wildman–Crippen MR) is 59.7 cm³/mol. The van der Waals surface area contributed by atoms with E-state index in [0.29, 0.717) is 5.82 Å². The third-order valence-corrected chi connectivity index (χ3v) is 2.72. The summed E-state index contributed by atoms with van der Waals surface area (Å²) in [6.45, 7) is 3.66. The van der Waals surface area contributed by atoms with Gasteiger partial charge in [-0.05, 0) is 13.1 Å². The minimum Gasteiger partial charge on any atom is -0.478 e. The number of aromatic carboxylic acids is 1. The Morgan fingerprint density at radius 1 is 1.44 bits per heavy atom. The maximum Gasteiger partial charge on any atom is 0.336 e. The molecular weight excluding hydrogens is 206 g/mol. The first kappa shape index (κ1) is 10.9. The highest BCUT2D eigenvalue weighted by molar-refractivity contribution is 5.87. The number of aromatic nitrogens is 1. The van der Waals surface area contributed by atoms with Gasteiger partial charge in [-0.1, -0.05) is 0 Å². The molecule has 0 aliphatic carbocycles. The van der Waals surface area contributed by atoms with E-state index in [1.54, 1.807) is 0 Å². The minimum atomic E-state index is -0.960. The molecule has 5 heteroatoms. The average molecular weight is 220 g/mol. The summed E-state index contributed by atoms with van der Waals surface area (Å²) in [5.41, 5.74) is 0.170. The summed E-state index contributed by atoms with van der Waals surface area (Å²) in [6.07, 6.45) is 1.52. The number of rotatable bonds is 2. The summed E-state index contributed by atoms with van der Waals surface area (Å²) < 4.78 is 0. The lowest BCUT2D eigenvalue weighted by atomic mass is 10.2. The van der Waals surface area contributed by atoms with Crippen LogP contribution in [-0.2, 0) is 0 Å². The van der Waals surface area contributed by atoms with E-state index < -0.39 is 5.97 Å². The molecule has 1 fully saturated rings. The van der Waals surface area contributed by atoms with Gasteiger partial charge in [-0.2, -0.15) is 0 Å². The maximum absolute atomic E-state index is 10.8. The quantitative estimate of drug-likeness (QED) is 0.778. The summed E-state index contributed by atoms with van der Waals surface area (Å²) in [6, 6.07) is 4.29. The molecule has 1 aliphatic rings. The zero-order valence-corrected chi connectivity index (χ0v) is 9.18. The van der Waals surface area contributed by atoms with E-state index in [1.165, 1.54) is 12.3 Å². The Bertz CT molecular complexity index is 387. The van der Waals surface area contributed by atoms with Crippen molar-refractivity contribution >= 4 is 11.8 Å². The van der Waals surface area contributed by atoms with Gasteiger partial charge in [-0.15, -0.1) is 0 Å². The monoisotopic (exact) mass is 220 g/mol. The van der Waals surface area contributed by atoms with Crippen molar-refractivity contribution < 1.29 is 9.90 Å². The van der Waals surface area contributed by atoms with Gasteiger partial charge >= 0.3 is 5.97 Å². The number of carbonyl (C=O) groups is 1. The van der Waals surface area contributed by atoms with Crippen LogP contribution in [-0.4, -0.2) is 54.2 Å². The number of hydrogen-bond acceptors (Lipinski definition) is 4. The number of carboxylic acids is 1. The molecule has 0 bridgehead atoms. The first-order chi connectivity index (χ1) is 7.66. The molecular formula is C11H14N3O2. The fraction of sp³-hybridized carbons (Fsp3) is 0.455. The number of anilines is 1. The van der Waals surface area contributed by atoms with Crippen molar-refractivity contribution in [1.82, 2.24) is 9.88 Å². The molecule has 0 spiro atoms. The fourth-order valence-corrected chi connectivity index (χ4v) is 1.68. The van der Waals surface area contributed by atoms with Gasteiger partial charge in [-0.3, -0.25) is 0 Å². The number of carboxylic acid groups (broad SMARTS) is 1. The second-order valence-electron chi connectivity index (χ2n) is 3.90. The van der Waals surface area contributed by atoms with Crippen LogP contribution < -0.4 is 4.90 Å². The van der Waals surface area contributed by atoms with Crippen LogP contribution in [0.25, 0.3) is 0 Å². The molecule has 2 heterocycles. The van der Waals surface area contributed by atoms with Crippen LogP contribution in [0.2, 0.25) is 0 Å². The second-order valence-corrected chi connectivity index (χ2v) is 3.90. The summed E-state index contributed by atoms with van der Waals surface area (Å²) >= 11 is 0. The normalized spacial score (nSPS) is 17.4. The average Bonchev–Trinajstić information content (AvgIpc) is 2.30. The molecule has 0 unspecified atom stereocenters. The van der Waals surface area contributed by atoms with Crippen molar-refractivity contribution in [3.63, 3.8) is 0 Å². The van der Waals surface area contributed by atoms with Crippen molar-refractivity contribution in [2.24, 2.45) is 0 Å². The zero-order chi connectivity index (χ0) is 11.5. The molecule has 2 rings (SSSR count). The lowest BCUT2D eigenvalue weighted by molar-refractivity contribution is 0.0696. The smallest absolute Gasteiger partial charge is 0.336 e. The molecule has 85 valence electrons. The Labute approximate surface area is 94.3 Å². The highest BCUT2D eigenvalue weighted by Crippen LogP contribution is 2.13. The first-order valence-corrected chi connectivity index (χ1v) is 5.22. The van der Waals surface area contributed by atoms with Crippen LogP contribution in [0.4, 0.5) is 5.82 Å². The molecule has 0 saturated carbocycles. The first-order valence-electron chi connectivity index (χ1n) is 5.22. The molecule has 0 atom stereocenters. The third-order valence-electron chi connectivity index (χ3n) is 2.72. The Balaban J connectivity index is 2.14. The van der Waals surface area contributed by atoms with E-state index in [4.69, 9.17) is 5.11 Å². The van der Waals surface area contributed by atoms with E-state index in [1.807, 2.05) is 0 Å². The highest BCUT2D eigenvalue weighted by Gasteiger charge is 2.16. The van der Waals surface area contributed by atoms with Crippen molar-refractivity contribution in [3.8, 4) is 0 Å². The number of hydrogen-bond donors (Lipinski definition) is 1. The fourth-order valence-electron chi connectivity index (χ4n) is 1.68. The Kier molecular flexibility index (Phi) is 3.05. The van der Waals surface area contributed by atoms with Crippen molar-refractivity contribution in [2.45, 2.75) is 0 Å². The zero-order valence-electron chi connectivity index (χ0n) is 9.18. The Morgan fingerprint density at radius 2 is 2.12 bits per heavy atom. The van der Waals surface area contributed by atoms with Crippen molar-refractivity contribution in [3.05, 3.63) is 23.9 Å². The number of pyridine rings is 1. The van der Waals surface area contributed by atoms with Gasteiger partial charge in [-0.25, -0.2) is 9.78 Å². The molecule has 1 saturated heterocycles. The van der Waals surface area contributed by atoms with Crippen LogP contribution in [0.5, 0.6) is 0 Å². The standard InChI is InChI=1S/C11H14N3O2/c1-13-4-6-14(7-5-13)10-8-9(11(15)16)2-3-12-10/h2-3H,4-7H2,1H3,(H,15,16). The SMILES string of the molecule is CN1CCN(c2[c]c(C(=O)O)ccn2)CC1. The van der Waals surface area contributed by atoms with E-state index in [2.05, 4.69) is 27.9 Å². The van der Waals surface area contributed by atoms with Gasteiger partial charge in [0, 0.05) is 38.4 Å². The van der Waals surface area contributed by atoms with Crippen LogP contribution in [0.15, 0.2) is 12.3 Å². The molecule has 5 nitrogen and oxygen atoms in total. The van der Waals surface area contributed by atoms with E-state index in [-0.39, 0.29) is 5.56 Å². The van der Waals surface area contributed by atoms with Gasteiger partial charge in [0.25, 0.3) is 0 Å². The number of nitrogens with zero attached hydrogens (tertiary/aromatic N) is 3. The molecule has 1 aromatic rings. The van der Waals surface area contributed by atoms with E-state index >= 15 is 0 Å². The lowest BCUT2D eigenvalue weighted by Crippen LogP contribution is -2.44. The van der Waals surface area contributed by atoms with Crippen LogP contribution >= 0.6 is 0 Å². The molecule has 0 aromatic carbocycles. The highest BCUT2D eigenvalue weighted by atomic mass is 16.4. The van der Waals surface area contributed by atoms with Gasteiger partial charge in [0.2, 0.25) is 0 Å². The second kappa shape index (κ2) is 4.49. The maximum atomic E-state index is 10.8. The summed E-state index contributed by atoms with van der Waals surface area (Å²) in [5, 5.41) is 8.86. The van der Waals surface area contributed by atoms with Crippen LogP contribution in [0.1, 0.15) is 10.4 Å². The van der Waals surface area contributed by atoms with E-state index in [9.17, 15) is 4.79 Å². The molecule has 1 aromatic heterocycles. The molecule has 1 N–H and O–H groups in total. The summed E-state index contributed by atoms with van der Waals surface area (Å²) in [5.74, 6) is -0.328. The predicted octanol–water partition coefficient (Wildman–Crippen LogP) is 0.332. The van der Waals surface area contributed by atoms with Gasteiger partial charge in [0.05, 0.1) is 5.56 Å². The summed E-state index contributed by atoms with van der Waals surface area (Å²) in [4.78, 5) is 19.3. The molecule has 0 amide bonds. The largest absolute Gasteiger partial charge is 0.478 e. The third kappa shape index (κ3) is 2.30. The Morgan fingerprint density at radius 3 is 2.75 bits per heavy atom. The van der Waals surface area contributed by atoms with Gasteiger partial charge in [0.1, 0.15) is 5.82 Å².